The van der Waals surface area contributed by atoms with E-state index in [-0.39, 0.29) is 0 Å². The predicted octanol–water partition coefficient (Wildman–Crippen LogP) is 4.51. The minimum absolute atomic E-state index is 0.755. The van der Waals surface area contributed by atoms with Crippen LogP contribution in [0.25, 0.3) is 10.9 Å². The molecule has 0 aliphatic rings. The fraction of sp³-hybridized carbons (Fsp3) is 0.167. The lowest BCUT2D eigenvalue weighted by Gasteiger charge is -2.14. The van der Waals surface area contributed by atoms with Gasteiger partial charge in [-0.15, -0.1) is 0 Å². The summed E-state index contributed by atoms with van der Waals surface area (Å²) in [5, 5.41) is 4.49. The smallest absolute Gasteiger partial charge is 0.0957 e. The molecule has 3 heteroatoms. The van der Waals surface area contributed by atoms with Crippen molar-refractivity contribution < 1.29 is 0 Å². The van der Waals surface area contributed by atoms with E-state index >= 15 is 0 Å². The number of nitrogens with zero attached hydrogens (tertiary/aromatic N) is 1. The molecule has 0 saturated carbocycles. The van der Waals surface area contributed by atoms with Crippen LogP contribution in [0, 0.1) is 0 Å². The van der Waals surface area contributed by atoms with E-state index in [1.54, 1.807) is 6.20 Å². The topological polar surface area (TPSA) is 50.9 Å². The van der Waals surface area contributed by atoms with Crippen molar-refractivity contribution in [3.63, 3.8) is 0 Å². The number of fused-ring (bicyclic) bond motifs is 1. The molecule has 0 atom stereocenters. The fourth-order valence-electron chi connectivity index (χ4n) is 2.57. The van der Waals surface area contributed by atoms with Crippen LogP contribution in [0.15, 0.2) is 54.7 Å². The van der Waals surface area contributed by atoms with Crippen molar-refractivity contribution in [3.05, 3.63) is 60.3 Å². The molecule has 3 aromatic rings. The summed E-state index contributed by atoms with van der Waals surface area (Å²) in [5.41, 5.74) is 11.1. The molecule has 0 unspecified atom stereocenters. The average Bonchev–Trinajstić information content (AvgIpc) is 2.52. The number of aromatic nitrogens is 1. The van der Waals surface area contributed by atoms with Crippen molar-refractivity contribution in [2.75, 3.05) is 11.1 Å². The third-order valence-corrected chi connectivity index (χ3v) is 3.61. The van der Waals surface area contributed by atoms with Gasteiger partial charge in [-0.3, -0.25) is 4.98 Å². The van der Waals surface area contributed by atoms with E-state index in [4.69, 9.17) is 5.73 Å². The highest BCUT2D eigenvalue weighted by atomic mass is 14.9. The van der Waals surface area contributed by atoms with E-state index in [1.165, 1.54) is 5.56 Å². The van der Waals surface area contributed by atoms with E-state index in [0.29, 0.717) is 0 Å². The molecule has 21 heavy (non-hydrogen) atoms. The fourth-order valence-corrected chi connectivity index (χ4v) is 2.57. The Bertz CT molecular complexity index is 765. The molecule has 0 spiro atoms. The molecule has 0 aliphatic carbocycles. The Morgan fingerprint density at radius 1 is 1.00 bits per heavy atom. The molecule has 3 nitrogen and oxygen atoms in total. The summed E-state index contributed by atoms with van der Waals surface area (Å²) >= 11 is 0. The maximum atomic E-state index is 6.03. The van der Waals surface area contributed by atoms with Crippen LogP contribution in [0.5, 0.6) is 0 Å². The van der Waals surface area contributed by atoms with E-state index in [1.807, 2.05) is 24.3 Å². The number of para-hydroxylation sites is 1. The first-order valence-corrected chi connectivity index (χ1v) is 7.27. The van der Waals surface area contributed by atoms with E-state index in [9.17, 15) is 0 Å². The lowest BCUT2D eigenvalue weighted by atomic mass is 10.1. The molecule has 0 fully saturated rings. The molecule has 0 aliphatic heterocycles. The van der Waals surface area contributed by atoms with Crippen LogP contribution >= 0.6 is 0 Å². The molecule has 0 bridgehead atoms. The second-order valence-corrected chi connectivity index (χ2v) is 5.13. The van der Waals surface area contributed by atoms with Gasteiger partial charge in [-0.05, 0) is 42.3 Å². The Labute approximate surface area is 124 Å². The Hall–Kier alpha value is -2.55. The number of rotatable bonds is 4. The normalized spacial score (nSPS) is 10.7. The Morgan fingerprint density at radius 2 is 1.86 bits per heavy atom. The summed E-state index contributed by atoms with van der Waals surface area (Å²) in [6.45, 7) is 2.19. The largest absolute Gasteiger partial charge is 0.398 e. The zero-order valence-corrected chi connectivity index (χ0v) is 12.1. The number of nitrogens with one attached hydrogen (secondary N) is 1. The summed E-state index contributed by atoms with van der Waals surface area (Å²) in [7, 11) is 0. The lowest BCUT2D eigenvalue weighted by molar-refractivity contribution is 0.923. The molecular weight excluding hydrogens is 258 g/mol. The Kier molecular flexibility index (Phi) is 3.73. The third kappa shape index (κ3) is 2.68. The van der Waals surface area contributed by atoms with Gasteiger partial charge in [0.25, 0.3) is 0 Å². The summed E-state index contributed by atoms with van der Waals surface area (Å²) in [5.74, 6) is 0. The second kappa shape index (κ2) is 5.83. The molecule has 1 aromatic heterocycles. The first kappa shape index (κ1) is 13.4. The van der Waals surface area contributed by atoms with Crippen molar-refractivity contribution in [3.8, 4) is 0 Å². The minimum atomic E-state index is 0.755. The van der Waals surface area contributed by atoms with Crippen molar-refractivity contribution >= 4 is 28.0 Å². The van der Waals surface area contributed by atoms with Gasteiger partial charge < -0.3 is 11.1 Å². The van der Waals surface area contributed by atoms with Gasteiger partial charge in [0.1, 0.15) is 0 Å². The van der Waals surface area contributed by atoms with Crippen LogP contribution in [0.2, 0.25) is 0 Å². The maximum absolute atomic E-state index is 6.03. The Balaban J connectivity index is 2.05. The summed E-state index contributed by atoms with van der Waals surface area (Å²) < 4.78 is 0. The van der Waals surface area contributed by atoms with Crippen molar-refractivity contribution in [2.45, 2.75) is 19.8 Å². The molecule has 3 rings (SSSR count). The first-order valence-electron chi connectivity index (χ1n) is 7.27. The minimum Gasteiger partial charge on any atom is -0.398 e. The molecule has 0 radical (unpaired) electrons. The lowest BCUT2D eigenvalue weighted by Crippen LogP contribution is -1.98. The number of hydrogen-bond donors (Lipinski definition) is 2. The zero-order chi connectivity index (χ0) is 14.7. The van der Waals surface area contributed by atoms with Gasteiger partial charge in [0, 0.05) is 23.0 Å². The SMILES string of the molecule is CCCc1ccccc1Nc1ccc(N)c2cccnc12. The second-order valence-electron chi connectivity index (χ2n) is 5.13. The van der Waals surface area contributed by atoms with Crippen molar-refractivity contribution in [2.24, 2.45) is 0 Å². The highest BCUT2D eigenvalue weighted by Crippen LogP contribution is 2.30. The quantitative estimate of drug-likeness (QED) is 0.690. The van der Waals surface area contributed by atoms with Crippen molar-refractivity contribution in [1.82, 2.24) is 4.98 Å². The average molecular weight is 277 g/mol. The van der Waals surface area contributed by atoms with Crippen LogP contribution in [0.1, 0.15) is 18.9 Å². The van der Waals surface area contributed by atoms with Gasteiger partial charge in [0.15, 0.2) is 0 Å². The van der Waals surface area contributed by atoms with Gasteiger partial charge in [0.2, 0.25) is 0 Å². The first-order chi connectivity index (χ1) is 10.3. The van der Waals surface area contributed by atoms with Gasteiger partial charge in [-0.25, -0.2) is 0 Å². The summed E-state index contributed by atoms with van der Waals surface area (Å²) in [6, 6.07) is 16.2. The molecule has 1 heterocycles. The van der Waals surface area contributed by atoms with Crippen LogP contribution in [-0.4, -0.2) is 4.98 Å². The van der Waals surface area contributed by atoms with E-state index < -0.39 is 0 Å². The zero-order valence-electron chi connectivity index (χ0n) is 12.1. The van der Waals surface area contributed by atoms with Crippen LogP contribution in [-0.2, 0) is 6.42 Å². The highest BCUT2D eigenvalue weighted by molar-refractivity contribution is 5.99. The maximum Gasteiger partial charge on any atom is 0.0957 e. The van der Waals surface area contributed by atoms with Crippen LogP contribution in [0.3, 0.4) is 0 Å². The molecule has 0 saturated heterocycles. The van der Waals surface area contributed by atoms with Gasteiger partial charge in [0.05, 0.1) is 11.2 Å². The summed E-state index contributed by atoms with van der Waals surface area (Å²) in [4.78, 5) is 4.47. The number of aryl methyl sites for hydroxylation is 1. The molecule has 106 valence electrons. The van der Waals surface area contributed by atoms with Gasteiger partial charge >= 0.3 is 0 Å². The summed E-state index contributed by atoms with van der Waals surface area (Å²) in [6.07, 6.45) is 3.98. The number of pyridine rings is 1. The molecule has 3 N–H and O–H groups in total. The predicted molar refractivity (Wildman–Crippen MR) is 89.9 cm³/mol. The number of benzene rings is 2. The van der Waals surface area contributed by atoms with Crippen molar-refractivity contribution in [1.29, 1.82) is 0 Å². The number of nitrogens with two attached hydrogens (primary N) is 1. The number of hydrogen-bond acceptors (Lipinski definition) is 3. The van der Waals surface area contributed by atoms with E-state index in [0.717, 1.165) is 40.8 Å². The van der Waals surface area contributed by atoms with Crippen LogP contribution in [0.4, 0.5) is 17.1 Å². The molecule has 0 amide bonds. The monoisotopic (exact) mass is 277 g/mol. The van der Waals surface area contributed by atoms with Gasteiger partial charge in [-0.1, -0.05) is 31.5 Å². The highest BCUT2D eigenvalue weighted by Gasteiger charge is 2.07. The van der Waals surface area contributed by atoms with Crippen LogP contribution < -0.4 is 11.1 Å². The number of nitrogen functional groups attached to an aromatic ring is 1. The Morgan fingerprint density at radius 3 is 2.71 bits per heavy atom. The third-order valence-electron chi connectivity index (χ3n) is 3.61. The van der Waals surface area contributed by atoms with Gasteiger partial charge in [-0.2, -0.15) is 0 Å². The molecular formula is C18H19N3. The molecule has 2 aromatic carbocycles. The van der Waals surface area contributed by atoms with E-state index in [2.05, 4.69) is 41.5 Å². The standard InChI is InChI=1S/C18H19N3/c1-2-6-13-7-3-4-9-16(13)21-17-11-10-15(19)14-8-5-12-20-18(14)17/h3-5,7-12,21H,2,6,19H2,1H3. The number of anilines is 3.